The molecule has 0 saturated carbocycles. The first-order valence-corrected chi connectivity index (χ1v) is 16.8. The average Bonchev–Trinajstić information content (AvgIpc) is 3.03. The minimum atomic E-state index is -6.15. The smallest absolute Gasteiger partial charge is 0.369 e. The minimum absolute atomic E-state index is 0.0416. The summed E-state index contributed by atoms with van der Waals surface area (Å²) < 4.78 is 124. The third-order valence-corrected chi connectivity index (χ3v) is 11.3. The number of rotatable bonds is 6. The van der Waals surface area contributed by atoms with Gasteiger partial charge < -0.3 is 14.9 Å². The number of piperidine rings is 2. The number of likely N-dealkylation sites (tertiary alicyclic amines) is 2. The summed E-state index contributed by atoms with van der Waals surface area (Å²) in [7, 11) is -4.62. The predicted molar refractivity (Wildman–Crippen MR) is 160 cm³/mol. The first-order valence-electron chi connectivity index (χ1n) is 15.4. The van der Waals surface area contributed by atoms with Crippen LogP contribution in [0.15, 0.2) is 59.0 Å². The molecule has 16 heteroatoms. The highest BCUT2D eigenvalue weighted by Crippen LogP contribution is 2.51. The number of anilines is 1. The summed E-state index contributed by atoms with van der Waals surface area (Å²) in [4.78, 5) is 29.1. The maximum atomic E-state index is 14.0. The van der Waals surface area contributed by atoms with Crippen LogP contribution in [0.2, 0.25) is 0 Å². The molecule has 3 heterocycles. The molecule has 0 radical (unpaired) electrons. The van der Waals surface area contributed by atoms with E-state index < -0.39 is 56.2 Å². The van der Waals surface area contributed by atoms with Crippen LogP contribution in [0.1, 0.15) is 56.6 Å². The average molecular weight is 706 g/mol. The van der Waals surface area contributed by atoms with E-state index >= 15 is 0 Å². The number of alkyl halides is 6. The van der Waals surface area contributed by atoms with Gasteiger partial charge in [-0.15, -0.1) is 0 Å². The number of carbonyl (C=O) groups excluding carboxylic acids is 2. The number of aliphatic hydroxyl groups is 1. The molecule has 5 rings (SSSR count). The third kappa shape index (κ3) is 6.52. The zero-order valence-electron chi connectivity index (χ0n) is 25.8. The number of amides is 2. The second-order valence-corrected chi connectivity index (χ2v) is 14.1. The van der Waals surface area contributed by atoms with Crippen LogP contribution in [0.25, 0.3) is 0 Å². The zero-order valence-corrected chi connectivity index (χ0v) is 26.6. The van der Waals surface area contributed by atoms with Crippen molar-refractivity contribution in [3.8, 4) is 0 Å². The number of fused-ring (bicyclic) bond motifs is 1. The Morgan fingerprint density at radius 2 is 1.56 bits per heavy atom. The van der Waals surface area contributed by atoms with Crippen LogP contribution < -0.4 is 4.31 Å². The molecule has 2 amide bonds. The number of benzene rings is 2. The first-order chi connectivity index (χ1) is 22.4. The summed E-state index contributed by atoms with van der Waals surface area (Å²) in [6, 6.07) is 4.12. The molecule has 2 aromatic rings. The van der Waals surface area contributed by atoms with Gasteiger partial charge in [-0.05, 0) is 74.9 Å². The van der Waals surface area contributed by atoms with Crippen molar-refractivity contribution in [3.63, 3.8) is 0 Å². The molecule has 3 aliphatic rings. The third-order valence-electron chi connectivity index (χ3n) is 9.43. The summed E-state index contributed by atoms with van der Waals surface area (Å²) in [6.07, 6.45) is -8.89. The second-order valence-electron chi connectivity index (χ2n) is 12.3. The highest BCUT2D eigenvalue weighted by molar-refractivity contribution is 7.92. The van der Waals surface area contributed by atoms with Gasteiger partial charge in [-0.2, -0.15) is 26.3 Å². The molecule has 1 atom stereocenters. The van der Waals surface area contributed by atoms with Gasteiger partial charge in [0.2, 0.25) is 11.8 Å². The van der Waals surface area contributed by atoms with Crippen molar-refractivity contribution in [2.75, 3.05) is 23.9 Å². The maximum Gasteiger partial charge on any atom is 0.430 e. The molecule has 2 saturated heterocycles. The van der Waals surface area contributed by atoms with Gasteiger partial charge in [0, 0.05) is 44.1 Å². The Balaban J connectivity index is 1.43. The number of sulfonamides is 1. The predicted octanol–water partition coefficient (Wildman–Crippen LogP) is 5.60. The number of nitrogens with zero attached hydrogens (tertiary/aromatic N) is 3. The van der Waals surface area contributed by atoms with Gasteiger partial charge >= 0.3 is 12.4 Å². The van der Waals surface area contributed by atoms with Crippen LogP contribution >= 0.6 is 0 Å². The van der Waals surface area contributed by atoms with E-state index in [2.05, 4.69) is 0 Å². The van der Waals surface area contributed by atoms with Crippen molar-refractivity contribution in [1.82, 2.24) is 9.80 Å². The van der Waals surface area contributed by atoms with Gasteiger partial charge in [0.15, 0.2) is 0 Å². The molecule has 3 aliphatic heterocycles. The molecule has 262 valence electrons. The molecule has 0 aliphatic carbocycles. The Labute approximate surface area is 272 Å². The normalized spacial score (nSPS) is 21.1. The highest BCUT2D eigenvalue weighted by atomic mass is 32.2. The molecule has 2 aromatic carbocycles. The fourth-order valence-electron chi connectivity index (χ4n) is 6.70. The number of aryl methyl sites for hydroxylation is 1. The van der Waals surface area contributed by atoms with Gasteiger partial charge in [0.05, 0.1) is 16.6 Å². The molecule has 0 bridgehead atoms. The molecular formula is C32H34F7N3O5S. The lowest BCUT2D eigenvalue weighted by atomic mass is 9.87. The van der Waals surface area contributed by atoms with E-state index in [9.17, 15) is 53.8 Å². The Morgan fingerprint density at radius 1 is 0.938 bits per heavy atom. The van der Waals surface area contributed by atoms with E-state index in [1.54, 1.807) is 4.90 Å². The van der Waals surface area contributed by atoms with Crippen molar-refractivity contribution >= 4 is 27.5 Å². The van der Waals surface area contributed by atoms with Crippen molar-refractivity contribution in [2.45, 2.75) is 86.8 Å². The SMILES string of the molecule is C/C=C1\CCC(=O)N(C2CCN(C(=O)C[C@@H]3CCc4cc(C(O)(C(F)(F)F)C(F)(F)F)ccc4N3S(=O)(=O)c3ccc(F)cc3)CC2)C1. The molecular weight excluding hydrogens is 671 g/mol. The minimum Gasteiger partial charge on any atom is -0.369 e. The number of hydrogen-bond donors (Lipinski definition) is 1. The fraction of sp³-hybridized carbons (Fsp3) is 0.500. The van der Waals surface area contributed by atoms with Crippen molar-refractivity contribution in [2.24, 2.45) is 0 Å². The lowest BCUT2D eigenvalue weighted by molar-refractivity contribution is -0.376. The van der Waals surface area contributed by atoms with Gasteiger partial charge in [0.1, 0.15) is 5.82 Å². The van der Waals surface area contributed by atoms with Crippen LogP contribution in [0.4, 0.5) is 36.4 Å². The largest absolute Gasteiger partial charge is 0.430 e. The highest BCUT2D eigenvalue weighted by Gasteiger charge is 2.71. The molecule has 0 aromatic heterocycles. The van der Waals surface area contributed by atoms with Gasteiger partial charge in [-0.1, -0.05) is 23.8 Å². The van der Waals surface area contributed by atoms with E-state index in [4.69, 9.17) is 0 Å². The number of halogens is 7. The summed E-state index contributed by atoms with van der Waals surface area (Å²) in [5.74, 6) is -1.13. The fourth-order valence-corrected chi connectivity index (χ4v) is 8.42. The zero-order chi connectivity index (χ0) is 35.2. The lowest BCUT2D eigenvalue weighted by Crippen LogP contribution is -2.54. The van der Waals surface area contributed by atoms with Gasteiger partial charge in [-0.3, -0.25) is 13.9 Å². The second kappa shape index (κ2) is 13.0. The Bertz CT molecular complexity index is 1670. The quantitative estimate of drug-likeness (QED) is 0.312. The Morgan fingerprint density at radius 3 is 2.15 bits per heavy atom. The number of carbonyl (C=O) groups is 2. The van der Waals surface area contributed by atoms with Crippen molar-refractivity contribution < 1.29 is 53.8 Å². The molecule has 48 heavy (non-hydrogen) atoms. The van der Waals surface area contributed by atoms with E-state index in [-0.39, 0.29) is 42.5 Å². The van der Waals surface area contributed by atoms with E-state index in [1.165, 1.54) is 0 Å². The molecule has 1 N–H and O–H groups in total. The van der Waals surface area contributed by atoms with Gasteiger partial charge in [-0.25, -0.2) is 12.8 Å². The maximum absolute atomic E-state index is 14.0. The Hall–Kier alpha value is -3.66. The van der Waals surface area contributed by atoms with E-state index in [1.807, 2.05) is 17.9 Å². The summed E-state index contributed by atoms with van der Waals surface area (Å²) in [6.45, 7) is 3.03. The molecule has 0 unspecified atom stereocenters. The van der Waals surface area contributed by atoms with Gasteiger partial charge in [0.25, 0.3) is 15.6 Å². The van der Waals surface area contributed by atoms with Crippen LogP contribution in [0, 0.1) is 5.82 Å². The standard InChI is InChI=1S/C32H34F7N3O5S/c1-2-20-3-12-28(43)41(19-20)24-13-15-40(16-14-24)29(44)18-25-8-4-21-17-22(30(45,31(34,35)36)32(37,38)39)5-11-27(21)42(25)48(46,47)26-9-6-23(33)7-10-26/h2,5-7,9-11,17,24-25,45H,3-4,8,12-16,18-19H2,1H3/b20-2+/t25-/m0/s1. The van der Waals surface area contributed by atoms with Crippen molar-refractivity contribution in [3.05, 3.63) is 71.1 Å². The number of allylic oxidation sites excluding steroid dienone is 1. The van der Waals surface area contributed by atoms with E-state index in [0.717, 1.165) is 40.2 Å². The summed E-state index contributed by atoms with van der Waals surface area (Å²) >= 11 is 0. The van der Waals surface area contributed by atoms with Crippen LogP contribution in [0.3, 0.4) is 0 Å². The van der Waals surface area contributed by atoms with Crippen LogP contribution in [-0.2, 0) is 31.6 Å². The topological polar surface area (TPSA) is 98.2 Å². The molecule has 0 spiro atoms. The van der Waals surface area contributed by atoms with E-state index in [0.29, 0.717) is 57.5 Å². The Kier molecular flexibility index (Phi) is 9.64. The molecule has 2 fully saturated rings. The number of hydrogen-bond acceptors (Lipinski definition) is 5. The summed E-state index contributed by atoms with van der Waals surface area (Å²) in [5, 5.41) is 9.95. The van der Waals surface area contributed by atoms with Crippen LogP contribution in [-0.4, -0.2) is 79.2 Å². The van der Waals surface area contributed by atoms with Crippen LogP contribution in [0.5, 0.6) is 0 Å². The molecule has 8 nitrogen and oxygen atoms in total. The van der Waals surface area contributed by atoms with Crippen molar-refractivity contribution in [1.29, 1.82) is 0 Å². The lowest BCUT2D eigenvalue weighted by Gasteiger charge is -2.42. The monoisotopic (exact) mass is 705 g/mol. The first kappa shape index (κ1) is 35.6. The summed E-state index contributed by atoms with van der Waals surface area (Å²) in [5.41, 5.74) is -6.09.